The maximum atomic E-state index is 12.1. The van der Waals surface area contributed by atoms with Crippen LogP contribution >= 0.6 is 0 Å². The number of fused-ring (bicyclic) bond motifs is 4. The Morgan fingerprint density at radius 3 is 1.58 bits per heavy atom. The van der Waals surface area contributed by atoms with Crippen LogP contribution in [0.2, 0.25) is 0 Å². The van der Waals surface area contributed by atoms with Crippen LogP contribution in [-0.4, -0.2) is 24.1 Å². The second-order valence-electron chi connectivity index (χ2n) is 8.64. The molecule has 6 atom stereocenters. The van der Waals surface area contributed by atoms with Gasteiger partial charge in [-0.2, -0.15) is 0 Å². The highest BCUT2D eigenvalue weighted by Gasteiger charge is 2.37. The Hall–Kier alpha value is -1.58. The molecule has 0 aromatic rings. The quantitative estimate of drug-likeness (QED) is 0.502. The smallest absolute Gasteiger partial charge is 0.306 e. The Morgan fingerprint density at radius 2 is 1.27 bits per heavy atom. The van der Waals surface area contributed by atoms with E-state index in [9.17, 15) is 9.59 Å². The Bertz CT molecular complexity index is 591. The number of carbonyl (C=O) groups is 2. The minimum atomic E-state index is -0.301. The molecule has 4 heteroatoms. The first-order chi connectivity index (χ1) is 12.5. The number of hydrogen-bond donors (Lipinski definition) is 0. The molecule has 0 heterocycles. The highest BCUT2D eigenvalue weighted by Crippen LogP contribution is 2.46. The van der Waals surface area contributed by atoms with E-state index in [0.29, 0.717) is 23.7 Å². The van der Waals surface area contributed by atoms with E-state index in [1.165, 1.54) is 49.7 Å². The van der Waals surface area contributed by atoms with E-state index in [0.717, 1.165) is 0 Å². The molecule has 0 N–H and O–H groups in total. The Balaban J connectivity index is 1.19. The average molecular weight is 358 g/mol. The molecule has 4 aliphatic rings. The maximum absolute atomic E-state index is 12.1. The van der Waals surface area contributed by atoms with Gasteiger partial charge in [0.15, 0.2) is 0 Å². The van der Waals surface area contributed by atoms with Crippen molar-refractivity contribution in [2.45, 2.75) is 77.4 Å². The molecule has 0 aliphatic heterocycles. The third-order valence-corrected chi connectivity index (χ3v) is 6.83. The molecule has 2 saturated carbocycles. The molecule has 0 aromatic heterocycles. The second kappa shape index (κ2) is 7.21. The van der Waals surface area contributed by atoms with E-state index in [1.54, 1.807) is 0 Å². The van der Waals surface area contributed by atoms with E-state index < -0.39 is 0 Å². The van der Waals surface area contributed by atoms with Crippen LogP contribution in [0.3, 0.4) is 0 Å². The number of carbonyl (C=O) groups excluding carboxylic acids is 2. The van der Waals surface area contributed by atoms with Gasteiger partial charge in [-0.25, -0.2) is 0 Å². The van der Waals surface area contributed by atoms with Gasteiger partial charge in [0.2, 0.25) is 0 Å². The lowest BCUT2D eigenvalue weighted by atomic mass is 9.94. The SMILES string of the molecule is CC(OC(=O)CCC(=O)OC(C)C1=CC2CCC1C2)C1=CC2CCC1C2. The van der Waals surface area contributed by atoms with Gasteiger partial charge < -0.3 is 9.47 Å². The standard InChI is InChI=1S/C22H30O4/c1-13(19-11-15-3-5-17(19)9-15)25-21(23)7-8-22(24)26-14(2)20-12-16-4-6-18(20)10-16/h11-18H,3-10H2,1-2H3. The van der Waals surface area contributed by atoms with Crippen molar-refractivity contribution in [3.8, 4) is 0 Å². The summed E-state index contributed by atoms with van der Waals surface area (Å²) in [6.45, 7) is 3.90. The molecule has 142 valence electrons. The number of hydrogen-bond acceptors (Lipinski definition) is 4. The van der Waals surface area contributed by atoms with Gasteiger partial charge in [-0.15, -0.1) is 0 Å². The van der Waals surface area contributed by atoms with Gasteiger partial charge in [-0.3, -0.25) is 9.59 Å². The highest BCUT2D eigenvalue weighted by atomic mass is 16.5. The van der Waals surface area contributed by atoms with Crippen molar-refractivity contribution in [1.82, 2.24) is 0 Å². The minimum Gasteiger partial charge on any atom is -0.458 e. The molecule has 26 heavy (non-hydrogen) atoms. The fourth-order valence-electron chi connectivity index (χ4n) is 5.54. The van der Waals surface area contributed by atoms with Crippen LogP contribution in [0, 0.1) is 23.7 Å². The molecule has 6 unspecified atom stereocenters. The summed E-state index contributed by atoms with van der Waals surface area (Å²) in [4.78, 5) is 24.2. The van der Waals surface area contributed by atoms with E-state index in [4.69, 9.17) is 9.47 Å². The molecular weight excluding hydrogens is 328 g/mol. The number of allylic oxidation sites excluding steroid dienone is 2. The lowest BCUT2D eigenvalue weighted by molar-refractivity contribution is -0.153. The summed E-state index contributed by atoms with van der Waals surface area (Å²) in [6, 6.07) is 0. The monoisotopic (exact) mass is 358 g/mol. The summed E-state index contributed by atoms with van der Waals surface area (Å²) in [5, 5.41) is 0. The molecule has 2 fully saturated rings. The molecule has 0 aromatic carbocycles. The maximum Gasteiger partial charge on any atom is 0.306 e. The number of esters is 2. The van der Waals surface area contributed by atoms with Crippen molar-refractivity contribution in [1.29, 1.82) is 0 Å². The third kappa shape index (κ3) is 3.60. The zero-order chi connectivity index (χ0) is 18.3. The van der Waals surface area contributed by atoms with Gasteiger partial charge in [0, 0.05) is 0 Å². The van der Waals surface area contributed by atoms with Crippen LogP contribution in [-0.2, 0) is 19.1 Å². The molecule has 4 aliphatic carbocycles. The van der Waals surface area contributed by atoms with Crippen LogP contribution < -0.4 is 0 Å². The van der Waals surface area contributed by atoms with Gasteiger partial charge in [0.1, 0.15) is 12.2 Å². The molecule has 0 radical (unpaired) electrons. The third-order valence-electron chi connectivity index (χ3n) is 6.83. The first kappa shape index (κ1) is 17.8. The fraction of sp³-hybridized carbons (Fsp3) is 0.727. The highest BCUT2D eigenvalue weighted by molar-refractivity contribution is 5.78. The predicted octanol–water partition coefficient (Wildman–Crippen LogP) is 4.34. The summed E-state index contributed by atoms with van der Waals surface area (Å²) >= 11 is 0. The molecule has 0 spiro atoms. The Morgan fingerprint density at radius 1 is 0.846 bits per heavy atom. The predicted molar refractivity (Wildman–Crippen MR) is 98.2 cm³/mol. The van der Waals surface area contributed by atoms with Crippen LogP contribution in [0.25, 0.3) is 0 Å². The van der Waals surface area contributed by atoms with Crippen molar-refractivity contribution < 1.29 is 19.1 Å². The molecule has 0 amide bonds. The Labute approximate surface area is 156 Å². The van der Waals surface area contributed by atoms with E-state index in [2.05, 4.69) is 12.2 Å². The summed E-state index contributed by atoms with van der Waals surface area (Å²) < 4.78 is 11.1. The summed E-state index contributed by atoms with van der Waals surface area (Å²) in [7, 11) is 0. The molecule has 4 nitrogen and oxygen atoms in total. The van der Waals surface area contributed by atoms with Crippen molar-refractivity contribution in [2.75, 3.05) is 0 Å². The first-order valence-electron chi connectivity index (χ1n) is 10.3. The molecule has 4 bridgehead atoms. The zero-order valence-electron chi connectivity index (χ0n) is 15.9. The van der Waals surface area contributed by atoms with Gasteiger partial charge >= 0.3 is 11.9 Å². The normalized spacial score (nSPS) is 33.6. The zero-order valence-corrected chi connectivity index (χ0v) is 15.9. The van der Waals surface area contributed by atoms with E-state index in [1.807, 2.05) is 13.8 Å². The van der Waals surface area contributed by atoms with Crippen molar-refractivity contribution in [3.05, 3.63) is 23.3 Å². The molecule has 4 rings (SSSR count). The largest absolute Gasteiger partial charge is 0.458 e. The molecule has 0 saturated heterocycles. The lowest BCUT2D eigenvalue weighted by Gasteiger charge is -2.22. The average Bonchev–Trinajstić information content (AvgIpc) is 3.39. The van der Waals surface area contributed by atoms with E-state index >= 15 is 0 Å². The van der Waals surface area contributed by atoms with E-state index in [-0.39, 0.29) is 37.0 Å². The van der Waals surface area contributed by atoms with Crippen molar-refractivity contribution >= 4 is 11.9 Å². The van der Waals surface area contributed by atoms with Gasteiger partial charge in [0.25, 0.3) is 0 Å². The second-order valence-corrected chi connectivity index (χ2v) is 8.64. The lowest BCUT2D eigenvalue weighted by Crippen LogP contribution is -2.23. The van der Waals surface area contributed by atoms with Crippen molar-refractivity contribution in [3.63, 3.8) is 0 Å². The van der Waals surface area contributed by atoms with Gasteiger partial charge in [0.05, 0.1) is 12.8 Å². The van der Waals surface area contributed by atoms with Crippen LogP contribution in [0.1, 0.15) is 65.2 Å². The summed E-state index contributed by atoms with van der Waals surface area (Å²) in [5.41, 5.74) is 2.57. The van der Waals surface area contributed by atoms with Crippen LogP contribution in [0.4, 0.5) is 0 Å². The van der Waals surface area contributed by atoms with Crippen molar-refractivity contribution in [2.24, 2.45) is 23.7 Å². The first-order valence-corrected chi connectivity index (χ1v) is 10.3. The van der Waals surface area contributed by atoms with Gasteiger partial charge in [-0.05, 0) is 87.2 Å². The number of ether oxygens (including phenoxy) is 2. The van der Waals surface area contributed by atoms with Gasteiger partial charge in [-0.1, -0.05) is 12.2 Å². The number of rotatable bonds is 7. The fourth-order valence-corrected chi connectivity index (χ4v) is 5.54. The molecular formula is C22H30O4. The topological polar surface area (TPSA) is 52.6 Å². The Kier molecular flexibility index (Phi) is 4.94. The summed E-state index contributed by atoms with van der Waals surface area (Å²) in [6.07, 6.45) is 11.9. The minimum absolute atomic E-state index is 0.0996. The van der Waals surface area contributed by atoms with Crippen LogP contribution in [0.15, 0.2) is 23.3 Å². The van der Waals surface area contributed by atoms with Crippen LogP contribution in [0.5, 0.6) is 0 Å². The summed E-state index contributed by atoms with van der Waals surface area (Å²) in [5.74, 6) is 1.97.